The molecule has 0 saturated heterocycles. The van der Waals surface area contributed by atoms with Crippen LogP contribution in [-0.4, -0.2) is 50.5 Å². The lowest BCUT2D eigenvalue weighted by Gasteiger charge is -2.15. The van der Waals surface area contributed by atoms with Crippen LogP contribution < -0.4 is 9.46 Å². The lowest BCUT2D eigenvalue weighted by molar-refractivity contribution is -0.171. The van der Waals surface area contributed by atoms with Crippen molar-refractivity contribution in [1.82, 2.24) is 4.72 Å². The Hall–Kier alpha value is -2.95. The minimum atomic E-state index is -2.94. The average molecular weight is 618 g/mol. The van der Waals surface area contributed by atoms with Crippen LogP contribution in [0.4, 0.5) is 0 Å². The van der Waals surface area contributed by atoms with Gasteiger partial charge >= 0.3 is 11.9 Å². The van der Waals surface area contributed by atoms with Crippen molar-refractivity contribution >= 4 is 44.1 Å². The molecule has 0 unspecified atom stereocenters. The second-order valence-corrected chi connectivity index (χ2v) is 14.4. The summed E-state index contributed by atoms with van der Waals surface area (Å²) in [6, 6.07) is 17.0. The van der Waals surface area contributed by atoms with Crippen molar-refractivity contribution in [2.45, 2.75) is 90.2 Å². The van der Waals surface area contributed by atoms with Crippen LogP contribution in [0.3, 0.4) is 0 Å². The number of hydrogen-bond donors (Lipinski definition) is 1. The van der Waals surface area contributed by atoms with E-state index >= 15 is 0 Å². The van der Waals surface area contributed by atoms with E-state index in [1.54, 1.807) is 25.2 Å². The van der Waals surface area contributed by atoms with E-state index in [1.807, 2.05) is 13.8 Å². The number of esters is 2. The molecule has 1 N–H and O–H groups in total. The molecule has 10 heteroatoms. The third-order valence-corrected chi connectivity index (χ3v) is 9.44. The van der Waals surface area contributed by atoms with Gasteiger partial charge in [0, 0.05) is 29.3 Å². The second kappa shape index (κ2) is 14.5. The minimum Gasteiger partial charge on any atom is -0.490 e. The second-order valence-electron chi connectivity index (χ2n) is 11.4. The van der Waals surface area contributed by atoms with E-state index in [-0.39, 0.29) is 29.3 Å². The van der Waals surface area contributed by atoms with Gasteiger partial charge in [0.1, 0.15) is 5.75 Å². The standard InChI is InChI=1S/C17H16OS.C9H14O4.C6H13NO2S/c1-12(2)18-16-11-14-7-4-3-6-13(14)10-15(16)17-8-5-9-19-17;1-6(2)7(10)13-9(4-5-9)8(11)12-3;1-5(2)7-10(8,9)6-3-4-6/h3-12H,1-2H3;6H,4-5H2,1-3H3;5-7H,3-4H2,1-2H3. The molecule has 0 radical (unpaired) electrons. The summed E-state index contributed by atoms with van der Waals surface area (Å²) in [7, 11) is -1.64. The molecule has 3 aromatic rings. The number of methoxy groups -OCH3 is 1. The Morgan fingerprint density at radius 2 is 1.57 bits per heavy atom. The fraction of sp³-hybridized carbons (Fsp3) is 0.500. The zero-order valence-electron chi connectivity index (χ0n) is 25.5. The van der Waals surface area contributed by atoms with Gasteiger partial charge in [0.15, 0.2) is 0 Å². The van der Waals surface area contributed by atoms with Gasteiger partial charge in [0.05, 0.1) is 24.4 Å². The SMILES string of the molecule is CC(C)NS(=O)(=O)C1CC1.CC(C)Oc1cc2ccccc2cc1-c1cccs1.COC(=O)C1(OC(=O)C(C)C)CC1. The Balaban J connectivity index is 0.000000184. The first-order valence-corrected chi connectivity index (χ1v) is 16.8. The van der Waals surface area contributed by atoms with Crippen molar-refractivity contribution in [3.63, 3.8) is 0 Å². The van der Waals surface area contributed by atoms with Crippen LogP contribution in [-0.2, 0) is 29.1 Å². The number of hydrogen-bond acceptors (Lipinski definition) is 8. The van der Waals surface area contributed by atoms with Crippen molar-refractivity contribution in [2.24, 2.45) is 5.92 Å². The summed E-state index contributed by atoms with van der Waals surface area (Å²) in [5.74, 6) is -0.0253. The van der Waals surface area contributed by atoms with Gasteiger partial charge in [-0.25, -0.2) is 17.9 Å². The Bertz CT molecular complexity index is 1440. The maximum absolute atomic E-state index is 11.2. The van der Waals surface area contributed by atoms with E-state index in [9.17, 15) is 18.0 Å². The first-order chi connectivity index (χ1) is 19.8. The minimum absolute atomic E-state index is 0.0330. The maximum atomic E-state index is 11.2. The number of sulfonamides is 1. The van der Waals surface area contributed by atoms with Crippen molar-refractivity contribution < 1.29 is 32.2 Å². The largest absolute Gasteiger partial charge is 0.490 e. The number of fused-ring (bicyclic) bond motifs is 1. The molecule has 2 fully saturated rings. The van der Waals surface area contributed by atoms with Gasteiger partial charge in [-0.05, 0) is 74.9 Å². The first kappa shape index (κ1) is 33.6. The van der Waals surface area contributed by atoms with Crippen molar-refractivity contribution in [3.8, 4) is 16.2 Å². The van der Waals surface area contributed by atoms with Crippen molar-refractivity contribution in [2.75, 3.05) is 7.11 Å². The molecule has 0 aliphatic heterocycles. The van der Waals surface area contributed by atoms with Crippen molar-refractivity contribution in [1.29, 1.82) is 0 Å². The average Bonchev–Trinajstić information content (AvgIpc) is 3.86. The molecule has 2 aromatic carbocycles. The highest BCUT2D eigenvalue weighted by Crippen LogP contribution is 2.41. The number of ether oxygens (including phenoxy) is 3. The molecule has 1 heterocycles. The van der Waals surface area contributed by atoms with E-state index in [0.717, 1.165) is 18.6 Å². The van der Waals surface area contributed by atoms with Crippen LogP contribution in [0.15, 0.2) is 53.9 Å². The Morgan fingerprint density at radius 3 is 2.02 bits per heavy atom. The van der Waals surface area contributed by atoms with Gasteiger partial charge in [0.25, 0.3) is 0 Å². The summed E-state index contributed by atoms with van der Waals surface area (Å²) in [6.07, 6.45) is 3.01. The quantitative estimate of drug-likeness (QED) is 0.266. The van der Waals surface area contributed by atoms with E-state index < -0.39 is 21.6 Å². The van der Waals surface area contributed by atoms with Gasteiger partial charge in [-0.2, -0.15) is 0 Å². The summed E-state index contributed by atoms with van der Waals surface area (Å²) >= 11 is 1.75. The van der Waals surface area contributed by atoms with E-state index in [1.165, 1.54) is 28.3 Å². The van der Waals surface area contributed by atoms with E-state index in [0.29, 0.717) is 12.8 Å². The number of carbonyl (C=O) groups is 2. The fourth-order valence-corrected chi connectivity index (χ4v) is 6.31. The van der Waals surface area contributed by atoms with Gasteiger partial charge in [-0.1, -0.05) is 44.2 Å². The Morgan fingerprint density at radius 1 is 0.952 bits per heavy atom. The normalized spacial score (nSPS) is 15.4. The molecular formula is C32H43NO7S2. The summed E-state index contributed by atoms with van der Waals surface area (Å²) in [4.78, 5) is 23.6. The zero-order valence-corrected chi connectivity index (χ0v) is 27.1. The molecule has 2 aliphatic rings. The van der Waals surface area contributed by atoms with Crippen LogP contribution in [0, 0.1) is 5.92 Å². The van der Waals surface area contributed by atoms with Crippen LogP contribution in [0.25, 0.3) is 21.2 Å². The monoisotopic (exact) mass is 617 g/mol. The third kappa shape index (κ3) is 9.54. The van der Waals surface area contributed by atoms with Gasteiger partial charge < -0.3 is 14.2 Å². The highest BCUT2D eigenvalue weighted by Gasteiger charge is 2.55. The third-order valence-electron chi connectivity index (χ3n) is 6.39. The predicted octanol–water partition coefficient (Wildman–Crippen LogP) is 6.72. The molecule has 0 atom stereocenters. The van der Waals surface area contributed by atoms with E-state index in [4.69, 9.17) is 9.47 Å². The molecule has 2 saturated carbocycles. The molecular weight excluding hydrogens is 574 g/mol. The maximum Gasteiger partial charge on any atom is 0.350 e. The Kier molecular flexibility index (Phi) is 11.6. The number of benzene rings is 2. The molecule has 0 spiro atoms. The number of nitrogens with one attached hydrogen (secondary N) is 1. The van der Waals surface area contributed by atoms with Crippen LogP contribution in [0.1, 0.15) is 67.2 Å². The van der Waals surface area contributed by atoms with Crippen LogP contribution >= 0.6 is 11.3 Å². The summed E-state index contributed by atoms with van der Waals surface area (Å²) in [6.45, 7) is 11.3. The molecule has 230 valence electrons. The van der Waals surface area contributed by atoms with E-state index in [2.05, 4.69) is 77.2 Å². The molecule has 5 rings (SSSR count). The summed E-state index contributed by atoms with van der Waals surface area (Å²) in [5.41, 5.74) is 0.234. The van der Waals surface area contributed by atoms with Gasteiger partial charge in [0.2, 0.25) is 15.6 Å². The van der Waals surface area contributed by atoms with Crippen LogP contribution in [0.5, 0.6) is 5.75 Å². The number of carbonyl (C=O) groups excluding carboxylic acids is 2. The van der Waals surface area contributed by atoms with Gasteiger partial charge in [-0.3, -0.25) is 4.79 Å². The molecule has 1 aromatic heterocycles. The Labute approximate surface area is 253 Å². The molecule has 0 bridgehead atoms. The molecule has 0 amide bonds. The number of rotatable bonds is 9. The zero-order chi connectivity index (χ0) is 31.1. The summed E-state index contributed by atoms with van der Waals surface area (Å²) < 4.78 is 40.3. The highest BCUT2D eigenvalue weighted by atomic mass is 32.2. The first-order valence-electron chi connectivity index (χ1n) is 14.3. The fourth-order valence-electron chi connectivity index (χ4n) is 3.96. The van der Waals surface area contributed by atoms with Gasteiger partial charge in [-0.15, -0.1) is 11.3 Å². The predicted molar refractivity (Wildman–Crippen MR) is 168 cm³/mol. The molecule has 8 nitrogen and oxygen atoms in total. The molecule has 2 aliphatic carbocycles. The summed E-state index contributed by atoms with van der Waals surface area (Å²) in [5, 5.41) is 4.49. The smallest absolute Gasteiger partial charge is 0.350 e. The van der Waals surface area contributed by atoms with Crippen LogP contribution in [0.2, 0.25) is 0 Å². The lowest BCUT2D eigenvalue weighted by atomic mass is 10.0. The number of thiophene rings is 1. The molecule has 42 heavy (non-hydrogen) atoms. The lowest BCUT2D eigenvalue weighted by Crippen LogP contribution is -2.32. The van der Waals surface area contributed by atoms with Crippen molar-refractivity contribution in [3.05, 3.63) is 53.9 Å². The highest BCUT2D eigenvalue weighted by molar-refractivity contribution is 7.90. The topological polar surface area (TPSA) is 108 Å².